The van der Waals surface area contributed by atoms with Crippen LogP contribution in [-0.4, -0.2) is 25.8 Å². The molecule has 0 unspecified atom stereocenters. The summed E-state index contributed by atoms with van der Waals surface area (Å²) in [6.45, 7) is 1.63. The van der Waals surface area contributed by atoms with Crippen LogP contribution in [0.15, 0.2) is 25.2 Å². The molecule has 0 bridgehead atoms. The Hall–Kier alpha value is -2.29. The summed E-state index contributed by atoms with van der Waals surface area (Å²) in [7, 11) is 1.55. The molecule has 0 aliphatic rings. The Balaban J connectivity index is 2.19. The van der Waals surface area contributed by atoms with Gasteiger partial charge in [0.2, 0.25) is 5.76 Å². The maximum absolute atomic E-state index is 11.2. The van der Waals surface area contributed by atoms with E-state index in [1.54, 1.807) is 20.0 Å². The molecule has 0 fully saturated rings. The summed E-state index contributed by atoms with van der Waals surface area (Å²) in [5.41, 5.74) is -1.14. The highest BCUT2D eigenvalue weighted by Gasteiger charge is 2.15. The first kappa shape index (κ1) is 14.1. The van der Waals surface area contributed by atoms with E-state index in [1.807, 2.05) is 0 Å². The number of carboxylic acids is 1. The van der Waals surface area contributed by atoms with E-state index in [1.165, 1.54) is 4.68 Å². The number of hydrogen-bond acceptors (Lipinski definition) is 6. The van der Waals surface area contributed by atoms with Crippen LogP contribution >= 0.6 is 11.8 Å². The molecule has 9 heteroatoms. The zero-order chi connectivity index (χ0) is 14.9. The summed E-state index contributed by atoms with van der Waals surface area (Å²) in [5.74, 6) is -0.497. The van der Waals surface area contributed by atoms with Crippen LogP contribution in [0.1, 0.15) is 21.9 Å². The van der Waals surface area contributed by atoms with Crippen molar-refractivity contribution in [3.63, 3.8) is 0 Å². The van der Waals surface area contributed by atoms with Gasteiger partial charge in [-0.1, -0.05) is 11.8 Å². The molecule has 0 radical (unpaired) electrons. The predicted octanol–water partition coefficient (Wildman–Crippen LogP) is 0.361. The van der Waals surface area contributed by atoms with E-state index in [4.69, 9.17) is 9.52 Å². The van der Waals surface area contributed by atoms with Crippen molar-refractivity contribution in [1.29, 1.82) is 0 Å². The molecular formula is C11H11N3O5S. The van der Waals surface area contributed by atoms with E-state index in [-0.39, 0.29) is 5.76 Å². The smallest absolute Gasteiger partial charge is 0.372 e. The number of thioether (sulfide) groups is 1. The molecule has 0 saturated heterocycles. The van der Waals surface area contributed by atoms with E-state index < -0.39 is 17.1 Å². The lowest BCUT2D eigenvalue weighted by molar-refractivity contribution is 0.0659. The lowest BCUT2D eigenvalue weighted by Crippen LogP contribution is -2.33. The van der Waals surface area contributed by atoms with Gasteiger partial charge in [0.1, 0.15) is 5.76 Å². The first-order chi connectivity index (χ1) is 9.38. The Bertz CT molecular complexity index is 773. The quantitative estimate of drug-likeness (QED) is 0.617. The Morgan fingerprint density at radius 2 is 2.25 bits per heavy atom. The molecule has 2 N–H and O–H groups in total. The number of hydrogen-bond donors (Lipinski definition) is 2. The molecule has 8 nitrogen and oxygen atoms in total. The van der Waals surface area contributed by atoms with Crippen LogP contribution in [0.4, 0.5) is 0 Å². The van der Waals surface area contributed by atoms with Gasteiger partial charge in [-0.25, -0.2) is 4.79 Å². The van der Waals surface area contributed by atoms with Crippen LogP contribution in [0.3, 0.4) is 0 Å². The Labute approximate surface area is 116 Å². The lowest BCUT2D eigenvalue weighted by atomic mass is 10.3. The van der Waals surface area contributed by atoms with Crippen molar-refractivity contribution in [3.8, 4) is 0 Å². The maximum atomic E-state index is 11.2. The molecule has 2 aromatic heterocycles. The molecule has 2 aromatic rings. The minimum absolute atomic E-state index is 0.107. The van der Waals surface area contributed by atoms with Crippen molar-refractivity contribution in [2.45, 2.75) is 17.8 Å². The normalized spacial score (nSPS) is 10.7. The lowest BCUT2D eigenvalue weighted by Gasteiger charge is -2.04. The average Bonchev–Trinajstić information content (AvgIpc) is 2.74. The highest BCUT2D eigenvalue weighted by Crippen LogP contribution is 2.22. The van der Waals surface area contributed by atoms with E-state index in [0.717, 1.165) is 11.8 Å². The van der Waals surface area contributed by atoms with Gasteiger partial charge in [-0.05, 0) is 13.0 Å². The number of aromatic nitrogens is 3. The predicted molar refractivity (Wildman–Crippen MR) is 70.1 cm³/mol. The molecule has 0 aromatic carbocycles. The number of aryl methyl sites for hydroxylation is 2. The number of furan rings is 1. The van der Waals surface area contributed by atoms with Crippen LogP contribution in [-0.2, 0) is 12.8 Å². The zero-order valence-corrected chi connectivity index (χ0v) is 11.5. The SMILES string of the molecule is Cc1cc(CSc2nc(=O)c(=O)[nH]n2C)oc1C(=O)O. The van der Waals surface area contributed by atoms with Gasteiger partial charge in [0, 0.05) is 12.6 Å². The summed E-state index contributed by atoms with van der Waals surface area (Å²) in [6, 6.07) is 1.61. The van der Waals surface area contributed by atoms with Crippen molar-refractivity contribution in [1.82, 2.24) is 14.8 Å². The molecule has 0 aliphatic carbocycles. The van der Waals surface area contributed by atoms with E-state index in [2.05, 4.69) is 10.1 Å². The summed E-state index contributed by atoms with van der Waals surface area (Å²) in [6.07, 6.45) is 0. The largest absolute Gasteiger partial charge is 0.475 e. The van der Waals surface area contributed by atoms with Gasteiger partial charge >= 0.3 is 17.1 Å². The monoisotopic (exact) mass is 297 g/mol. The molecule has 0 spiro atoms. The van der Waals surface area contributed by atoms with E-state index in [0.29, 0.717) is 22.2 Å². The van der Waals surface area contributed by atoms with Gasteiger partial charge in [-0.2, -0.15) is 4.98 Å². The number of carbonyl (C=O) groups is 1. The fraction of sp³-hybridized carbons (Fsp3) is 0.273. The van der Waals surface area contributed by atoms with Gasteiger partial charge in [-0.3, -0.25) is 19.4 Å². The topological polar surface area (TPSA) is 118 Å². The number of nitrogens with one attached hydrogen (secondary N) is 1. The van der Waals surface area contributed by atoms with Crippen LogP contribution in [0.25, 0.3) is 0 Å². The zero-order valence-electron chi connectivity index (χ0n) is 10.7. The number of aromatic amines is 1. The molecule has 0 atom stereocenters. The second-order valence-corrected chi connectivity index (χ2v) is 4.96. The standard InChI is InChI=1S/C11H11N3O5S/c1-5-3-6(19-7(5)10(17)18)4-20-11-12-8(15)9(16)13-14(11)2/h3H,4H2,1-2H3,(H,13,16)(H,17,18). The fourth-order valence-corrected chi connectivity index (χ4v) is 2.36. The second-order valence-electron chi connectivity index (χ2n) is 4.02. The minimum Gasteiger partial charge on any atom is -0.475 e. The van der Waals surface area contributed by atoms with Crippen molar-refractivity contribution in [2.75, 3.05) is 0 Å². The Morgan fingerprint density at radius 1 is 1.55 bits per heavy atom. The van der Waals surface area contributed by atoms with Gasteiger partial charge in [0.25, 0.3) is 0 Å². The summed E-state index contributed by atoms with van der Waals surface area (Å²) in [4.78, 5) is 36.7. The van der Waals surface area contributed by atoms with E-state index in [9.17, 15) is 14.4 Å². The van der Waals surface area contributed by atoms with Crippen molar-refractivity contribution >= 4 is 17.7 Å². The molecule has 0 amide bonds. The molecular weight excluding hydrogens is 286 g/mol. The van der Waals surface area contributed by atoms with Crippen molar-refractivity contribution in [3.05, 3.63) is 43.9 Å². The van der Waals surface area contributed by atoms with Crippen LogP contribution < -0.4 is 11.1 Å². The number of rotatable bonds is 4. The fourth-order valence-electron chi connectivity index (χ4n) is 1.56. The first-order valence-electron chi connectivity index (χ1n) is 5.51. The summed E-state index contributed by atoms with van der Waals surface area (Å²) < 4.78 is 6.51. The van der Waals surface area contributed by atoms with Gasteiger partial charge in [0.05, 0.1) is 5.75 Å². The third kappa shape index (κ3) is 2.82. The average molecular weight is 297 g/mol. The van der Waals surface area contributed by atoms with Crippen LogP contribution in [0.2, 0.25) is 0 Å². The van der Waals surface area contributed by atoms with E-state index >= 15 is 0 Å². The second kappa shape index (κ2) is 5.37. The number of carboxylic acid groups (broad SMARTS) is 1. The molecule has 20 heavy (non-hydrogen) atoms. The molecule has 2 heterocycles. The molecule has 106 valence electrons. The highest BCUT2D eigenvalue weighted by atomic mass is 32.2. The number of H-pyrrole nitrogens is 1. The number of aromatic carboxylic acids is 1. The van der Waals surface area contributed by atoms with Crippen LogP contribution in [0.5, 0.6) is 0 Å². The number of nitrogens with zero attached hydrogens (tertiary/aromatic N) is 2. The molecule has 2 rings (SSSR count). The third-order valence-electron chi connectivity index (χ3n) is 2.45. The third-order valence-corrected chi connectivity index (χ3v) is 3.51. The maximum Gasteiger partial charge on any atom is 0.372 e. The van der Waals surface area contributed by atoms with Gasteiger partial charge in [0.15, 0.2) is 5.16 Å². The first-order valence-corrected chi connectivity index (χ1v) is 6.50. The summed E-state index contributed by atoms with van der Waals surface area (Å²) >= 11 is 1.15. The van der Waals surface area contributed by atoms with Crippen LogP contribution in [0, 0.1) is 6.92 Å². The Morgan fingerprint density at radius 3 is 2.85 bits per heavy atom. The molecule has 0 saturated carbocycles. The van der Waals surface area contributed by atoms with Crippen molar-refractivity contribution < 1.29 is 14.3 Å². The van der Waals surface area contributed by atoms with Gasteiger partial charge in [-0.15, -0.1) is 0 Å². The minimum atomic E-state index is -1.13. The Kier molecular flexibility index (Phi) is 3.79. The highest BCUT2D eigenvalue weighted by molar-refractivity contribution is 7.98. The van der Waals surface area contributed by atoms with Crippen molar-refractivity contribution in [2.24, 2.45) is 7.05 Å². The van der Waals surface area contributed by atoms with Gasteiger partial charge < -0.3 is 9.52 Å². The molecule has 0 aliphatic heterocycles. The summed E-state index contributed by atoms with van der Waals surface area (Å²) in [5, 5.41) is 11.5.